The van der Waals surface area contributed by atoms with Gasteiger partial charge in [-0.15, -0.1) is 0 Å². The summed E-state index contributed by atoms with van der Waals surface area (Å²) in [5.74, 6) is -0.838. The first kappa shape index (κ1) is 20.9. The van der Waals surface area contributed by atoms with Crippen LogP contribution in [-0.4, -0.2) is 41.4 Å². The van der Waals surface area contributed by atoms with Gasteiger partial charge in [-0.2, -0.15) is 0 Å². The molecule has 29 heavy (non-hydrogen) atoms. The van der Waals surface area contributed by atoms with Gasteiger partial charge in [-0.25, -0.2) is 0 Å². The van der Waals surface area contributed by atoms with Gasteiger partial charge >= 0.3 is 0 Å². The Balaban J connectivity index is 1.93. The largest absolute Gasteiger partial charge is 0.548 e. The van der Waals surface area contributed by atoms with E-state index < -0.39 is 17.9 Å². The maximum absolute atomic E-state index is 13.0. The number of benzene rings is 2. The third kappa shape index (κ3) is 4.44. The third-order valence-electron chi connectivity index (χ3n) is 4.40. The van der Waals surface area contributed by atoms with Gasteiger partial charge in [0, 0.05) is 5.56 Å². The van der Waals surface area contributed by atoms with Crippen molar-refractivity contribution in [2.24, 2.45) is 0 Å². The fourth-order valence-corrected chi connectivity index (χ4v) is 4.38. The van der Waals surface area contributed by atoms with Crippen LogP contribution in [0.5, 0.6) is 11.5 Å². The average Bonchev–Trinajstić information content (AvgIpc) is 2.99. The van der Waals surface area contributed by atoms with E-state index in [0.717, 1.165) is 22.2 Å². The molecule has 8 heteroatoms. The Kier molecular flexibility index (Phi) is 6.56. The van der Waals surface area contributed by atoms with Crippen LogP contribution in [-0.2, 0) is 16.0 Å². The number of carbonyl (C=O) groups excluding carboxylic acids is 2. The van der Waals surface area contributed by atoms with E-state index >= 15 is 0 Å². The van der Waals surface area contributed by atoms with Gasteiger partial charge in [-0.1, -0.05) is 66.4 Å². The van der Waals surface area contributed by atoms with Crippen LogP contribution in [0.25, 0.3) is 6.08 Å². The van der Waals surface area contributed by atoms with Crippen molar-refractivity contribution >= 4 is 46.3 Å². The van der Waals surface area contributed by atoms with E-state index in [2.05, 4.69) is 0 Å². The molecule has 0 saturated carbocycles. The van der Waals surface area contributed by atoms with Crippen molar-refractivity contribution in [3.63, 3.8) is 0 Å². The number of methoxy groups -OCH3 is 2. The van der Waals surface area contributed by atoms with Crippen molar-refractivity contribution in [3.05, 3.63) is 64.6 Å². The maximum atomic E-state index is 13.0. The van der Waals surface area contributed by atoms with E-state index in [0.29, 0.717) is 22.0 Å². The molecule has 0 aromatic heterocycles. The predicted molar refractivity (Wildman–Crippen MR) is 113 cm³/mol. The second-order valence-corrected chi connectivity index (χ2v) is 7.83. The highest BCUT2D eigenvalue weighted by atomic mass is 32.2. The van der Waals surface area contributed by atoms with Crippen molar-refractivity contribution in [2.75, 3.05) is 14.2 Å². The number of hydrogen-bond donors (Lipinski definition) is 0. The smallest absolute Gasteiger partial charge is 0.266 e. The zero-order valence-corrected chi connectivity index (χ0v) is 17.4. The summed E-state index contributed by atoms with van der Waals surface area (Å²) in [6, 6.07) is 13.1. The number of carboxylic acid groups (broad SMARTS) is 1. The summed E-state index contributed by atoms with van der Waals surface area (Å²) < 4.78 is 10.8. The van der Waals surface area contributed by atoms with Gasteiger partial charge in [-0.3, -0.25) is 9.69 Å². The van der Waals surface area contributed by atoms with E-state index in [1.807, 2.05) is 6.07 Å². The molecule has 1 atom stereocenters. The summed E-state index contributed by atoms with van der Waals surface area (Å²) in [6.07, 6.45) is 1.72. The minimum atomic E-state index is -1.36. The van der Waals surface area contributed by atoms with Crippen LogP contribution >= 0.6 is 24.0 Å². The molecular weight excluding hydrogens is 410 g/mol. The lowest BCUT2D eigenvalue weighted by atomic mass is 10.0. The zero-order valence-electron chi connectivity index (χ0n) is 15.8. The van der Waals surface area contributed by atoms with E-state index in [-0.39, 0.29) is 10.7 Å². The molecule has 150 valence electrons. The molecule has 1 fully saturated rings. The van der Waals surface area contributed by atoms with Gasteiger partial charge in [0.15, 0.2) is 11.5 Å². The number of carboxylic acids is 1. The second kappa shape index (κ2) is 9.11. The summed E-state index contributed by atoms with van der Waals surface area (Å²) in [5, 5.41) is 11.8. The SMILES string of the molecule is COc1cccc(/C=C2\SC(=S)N([C@@H](Cc3ccccc3)C(=O)[O-])C2=O)c1OC. The van der Waals surface area contributed by atoms with Crippen LogP contribution in [0.3, 0.4) is 0 Å². The Morgan fingerprint density at radius 2 is 1.90 bits per heavy atom. The highest BCUT2D eigenvalue weighted by molar-refractivity contribution is 8.26. The molecule has 0 radical (unpaired) electrons. The van der Waals surface area contributed by atoms with Crippen molar-refractivity contribution in [2.45, 2.75) is 12.5 Å². The minimum Gasteiger partial charge on any atom is -0.548 e. The zero-order chi connectivity index (χ0) is 21.0. The Hall–Kier alpha value is -2.84. The Labute approximate surface area is 178 Å². The quantitative estimate of drug-likeness (QED) is 0.494. The van der Waals surface area contributed by atoms with Crippen molar-refractivity contribution in [1.29, 1.82) is 0 Å². The van der Waals surface area contributed by atoms with Crippen LogP contribution in [0.2, 0.25) is 0 Å². The molecule has 1 aliphatic heterocycles. The minimum absolute atomic E-state index is 0.103. The normalized spacial score (nSPS) is 16.2. The Morgan fingerprint density at radius 1 is 1.17 bits per heavy atom. The number of hydrogen-bond acceptors (Lipinski definition) is 7. The molecule has 2 aromatic rings. The molecule has 1 heterocycles. The molecule has 1 amide bonds. The van der Waals surface area contributed by atoms with E-state index in [4.69, 9.17) is 21.7 Å². The van der Waals surface area contributed by atoms with Gasteiger partial charge in [0.25, 0.3) is 5.91 Å². The van der Waals surface area contributed by atoms with Crippen LogP contribution in [0.1, 0.15) is 11.1 Å². The van der Waals surface area contributed by atoms with Gasteiger partial charge in [0.1, 0.15) is 4.32 Å². The lowest BCUT2D eigenvalue weighted by Gasteiger charge is -2.27. The number of aliphatic carboxylic acids is 1. The van der Waals surface area contributed by atoms with Gasteiger partial charge < -0.3 is 19.4 Å². The fourth-order valence-electron chi connectivity index (χ4n) is 3.03. The summed E-state index contributed by atoms with van der Waals surface area (Å²) in [4.78, 5) is 26.2. The number of rotatable bonds is 7. The number of nitrogens with zero attached hydrogens (tertiary/aromatic N) is 1. The molecule has 3 rings (SSSR count). The molecular formula is C21H18NO5S2-. The maximum Gasteiger partial charge on any atom is 0.266 e. The van der Waals surface area contributed by atoms with Crippen LogP contribution < -0.4 is 14.6 Å². The van der Waals surface area contributed by atoms with E-state index in [1.54, 1.807) is 48.5 Å². The topological polar surface area (TPSA) is 78.9 Å². The summed E-state index contributed by atoms with van der Waals surface area (Å²) in [5.41, 5.74) is 1.40. The molecule has 6 nitrogen and oxygen atoms in total. The van der Waals surface area contributed by atoms with Crippen molar-refractivity contribution < 1.29 is 24.2 Å². The highest BCUT2D eigenvalue weighted by Gasteiger charge is 2.38. The summed E-state index contributed by atoms with van der Waals surface area (Å²) in [7, 11) is 3.03. The Bertz CT molecular complexity index is 974. The van der Waals surface area contributed by atoms with E-state index in [9.17, 15) is 14.7 Å². The standard InChI is InChI=1S/C21H19NO5S2/c1-26-16-10-6-9-14(18(16)27-2)12-17-19(23)22(21(28)29-17)15(20(24)25)11-13-7-4-3-5-8-13/h3-10,12,15H,11H2,1-2H3,(H,24,25)/p-1/b17-12-/t15-/m0/s1. The summed E-state index contributed by atoms with van der Waals surface area (Å²) in [6.45, 7) is 0. The number of para-hydroxylation sites is 1. The predicted octanol–water partition coefficient (Wildman–Crippen LogP) is 2.27. The fraction of sp³-hybridized carbons (Fsp3) is 0.190. The van der Waals surface area contributed by atoms with Gasteiger partial charge in [-0.05, 0) is 24.1 Å². The number of amides is 1. The first-order valence-corrected chi connectivity index (χ1v) is 9.91. The molecule has 0 bridgehead atoms. The number of carbonyl (C=O) groups is 2. The number of thiocarbonyl (C=S) groups is 1. The van der Waals surface area contributed by atoms with Crippen LogP contribution in [0.15, 0.2) is 53.4 Å². The van der Waals surface area contributed by atoms with Gasteiger partial charge in [0.2, 0.25) is 0 Å². The molecule has 1 saturated heterocycles. The number of thioether (sulfide) groups is 1. The molecule has 0 N–H and O–H groups in total. The molecule has 1 aliphatic rings. The summed E-state index contributed by atoms with van der Waals surface area (Å²) >= 11 is 6.36. The average molecular weight is 429 g/mol. The van der Waals surface area contributed by atoms with Crippen LogP contribution in [0, 0.1) is 0 Å². The molecule has 0 aliphatic carbocycles. The lowest BCUT2D eigenvalue weighted by Crippen LogP contribution is -2.51. The second-order valence-electron chi connectivity index (χ2n) is 6.16. The monoisotopic (exact) mass is 428 g/mol. The molecule has 0 unspecified atom stereocenters. The molecule has 2 aromatic carbocycles. The van der Waals surface area contributed by atoms with Gasteiger partial charge in [0.05, 0.1) is 31.1 Å². The van der Waals surface area contributed by atoms with Crippen molar-refractivity contribution in [3.8, 4) is 11.5 Å². The van der Waals surface area contributed by atoms with Crippen molar-refractivity contribution in [1.82, 2.24) is 4.90 Å². The van der Waals surface area contributed by atoms with E-state index in [1.165, 1.54) is 14.2 Å². The van der Waals surface area contributed by atoms with Crippen LogP contribution in [0.4, 0.5) is 0 Å². The molecule has 0 spiro atoms. The first-order chi connectivity index (χ1) is 14.0. The Morgan fingerprint density at radius 3 is 2.52 bits per heavy atom. The first-order valence-electron chi connectivity index (χ1n) is 8.69. The number of ether oxygens (including phenoxy) is 2. The third-order valence-corrected chi connectivity index (χ3v) is 5.73. The lowest BCUT2D eigenvalue weighted by molar-refractivity contribution is -0.310. The highest BCUT2D eigenvalue weighted by Crippen LogP contribution is 2.38.